The summed E-state index contributed by atoms with van der Waals surface area (Å²) in [5.74, 6) is 1.97. The first-order chi connectivity index (χ1) is 17.0. The predicted molar refractivity (Wildman–Crippen MR) is 131 cm³/mol. The minimum absolute atomic E-state index is 0.0282. The van der Waals surface area contributed by atoms with Gasteiger partial charge in [-0.3, -0.25) is 9.59 Å². The lowest BCUT2D eigenvalue weighted by molar-refractivity contribution is -0.274. The third kappa shape index (κ3) is 8.14. The number of aldehydes is 1. The lowest BCUT2D eigenvalue weighted by Gasteiger charge is -2.30. The second-order valence-corrected chi connectivity index (χ2v) is 12.0. The van der Waals surface area contributed by atoms with E-state index in [1.165, 1.54) is 20.0 Å². The zero-order valence-corrected chi connectivity index (χ0v) is 22.7. The molecule has 210 valence electrons. The average molecular weight is 531 g/mol. The maximum absolute atomic E-state index is 12.2. The van der Waals surface area contributed by atoms with Gasteiger partial charge in [0.05, 0.1) is 12.2 Å². The smallest absolute Gasteiger partial charge is 0.363 e. The van der Waals surface area contributed by atoms with Gasteiger partial charge in [0.25, 0.3) is 0 Å². The molecule has 2 saturated carbocycles. The van der Waals surface area contributed by atoms with Crippen molar-refractivity contribution in [1.82, 2.24) is 15.5 Å². The molecule has 5 atom stereocenters. The standard InChI is InChI=1S/C10H13N3O2.C8H13F3O2.C8H15N/c11-5-8(12-6-14)3-7-4-10(1-2-10)13-9(7)15;1-6(4-5-12)13-7(2,3)8(9,10)11;1-8(2)6-4-9(3)5-7(6)8/h6-8H,1-4H2,(H,12,14)(H,13,15);5-6H,4H2,1-3H3;6-7H,4-5H2,1-3H3/t;6-;/m.1./s1. The van der Waals surface area contributed by atoms with E-state index in [-0.39, 0.29) is 23.8 Å². The second kappa shape index (κ2) is 11.7. The number of halogens is 3. The molecule has 0 aromatic carbocycles. The van der Waals surface area contributed by atoms with Gasteiger partial charge in [-0.05, 0) is 70.8 Å². The number of rotatable bonds is 8. The van der Waals surface area contributed by atoms with Crippen molar-refractivity contribution < 1.29 is 32.3 Å². The van der Waals surface area contributed by atoms with Crippen molar-refractivity contribution in [1.29, 1.82) is 5.26 Å². The van der Waals surface area contributed by atoms with Crippen molar-refractivity contribution in [3.05, 3.63) is 0 Å². The third-order valence-electron chi connectivity index (χ3n) is 8.11. The van der Waals surface area contributed by atoms with Gasteiger partial charge < -0.3 is 25.1 Å². The number of amides is 2. The van der Waals surface area contributed by atoms with E-state index < -0.39 is 23.9 Å². The molecule has 4 unspecified atom stereocenters. The van der Waals surface area contributed by atoms with Crippen molar-refractivity contribution in [3.8, 4) is 6.07 Å². The number of nitrogens with zero attached hydrogens (tertiary/aromatic N) is 2. The van der Waals surface area contributed by atoms with Crippen LogP contribution in [0.25, 0.3) is 0 Å². The summed E-state index contributed by atoms with van der Waals surface area (Å²) in [4.78, 5) is 34.2. The van der Waals surface area contributed by atoms with Crippen LogP contribution in [0.4, 0.5) is 13.2 Å². The number of alkyl halides is 3. The number of piperidine rings is 1. The molecule has 2 aliphatic carbocycles. The van der Waals surface area contributed by atoms with Crippen LogP contribution in [0.3, 0.4) is 0 Å². The minimum Gasteiger partial charge on any atom is -0.363 e. The molecule has 0 aromatic rings. The van der Waals surface area contributed by atoms with Crippen LogP contribution in [-0.4, -0.2) is 73.1 Å². The Morgan fingerprint density at radius 2 is 1.81 bits per heavy atom. The van der Waals surface area contributed by atoms with Crippen LogP contribution >= 0.6 is 0 Å². The Balaban J connectivity index is 0.000000201. The first kappa shape index (κ1) is 31.0. The summed E-state index contributed by atoms with van der Waals surface area (Å²) in [6.07, 6.45) is -0.780. The molecule has 4 aliphatic rings. The van der Waals surface area contributed by atoms with E-state index >= 15 is 0 Å². The Labute approximate surface area is 217 Å². The minimum atomic E-state index is -4.41. The van der Waals surface area contributed by atoms with Crippen molar-refractivity contribution in [3.63, 3.8) is 0 Å². The summed E-state index contributed by atoms with van der Waals surface area (Å²) in [6, 6.07) is 1.43. The molecular weight excluding hydrogens is 489 g/mol. The molecule has 0 radical (unpaired) electrons. The number of hydrogen-bond acceptors (Lipinski definition) is 6. The van der Waals surface area contributed by atoms with Crippen molar-refractivity contribution in [2.45, 2.75) is 96.2 Å². The normalized spacial score (nSPS) is 28.2. The lowest BCUT2D eigenvalue weighted by Crippen LogP contribution is -2.44. The maximum Gasteiger partial charge on any atom is 0.416 e. The summed E-state index contributed by atoms with van der Waals surface area (Å²) in [5, 5.41) is 14.1. The van der Waals surface area contributed by atoms with E-state index in [1.54, 1.807) is 0 Å². The SMILES string of the molecule is CN1CC2C(C1)C2(C)C.C[C@H](CC=O)OC(C)(C)C(F)(F)F.N#CC(CC1CC2(CC2)NC1=O)NC=O. The number of fused-ring (bicyclic) bond motifs is 1. The number of ether oxygens (including phenoxy) is 1. The number of nitrogens with one attached hydrogen (secondary N) is 2. The maximum atomic E-state index is 12.2. The van der Waals surface area contributed by atoms with E-state index in [0.29, 0.717) is 24.5 Å². The Bertz CT molecular complexity index is 853. The summed E-state index contributed by atoms with van der Waals surface area (Å²) in [7, 11) is 2.22. The fourth-order valence-corrected chi connectivity index (χ4v) is 5.26. The molecule has 37 heavy (non-hydrogen) atoms. The topological polar surface area (TPSA) is 112 Å². The van der Waals surface area contributed by atoms with Gasteiger partial charge in [0.15, 0.2) is 5.60 Å². The molecule has 8 nitrogen and oxygen atoms in total. The molecule has 0 bridgehead atoms. The molecule has 11 heteroatoms. The van der Waals surface area contributed by atoms with Gasteiger partial charge in [0, 0.05) is 31.0 Å². The number of nitriles is 1. The molecule has 4 rings (SSSR count). The third-order valence-corrected chi connectivity index (χ3v) is 8.11. The highest BCUT2D eigenvalue weighted by Gasteiger charge is 2.61. The summed E-state index contributed by atoms with van der Waals surface area (Å²) in [5.41, 5.74) is -1.45. The first-order valence-corrected chi connectivity index (χ1v) is 12.8. The Morgan fingerprint density at radius 1 is 1.24 bits per heavy atom. The highest BCUT2D eigenvalue weighted by atomic mass is 19.4. The molecule has 2 amide bonds. The van der Waals surface area contributed by atoms with Gasteiger partial charge in [0.1, 0.15) is 12.3 Å². The van der Waals surface area contributed by atoms with Gasteiger partial charge in [0.2, 0.25) is 12.3 Å². The van der Waals surface area contributed by atoms with Gasteiger partial charge in [-0.1, -0.05) is 13.8 Å². The molecule has 1 spiro atoms. The van der Waals surface area contributed by atoms with E-state index in [0.717, 1.165) is 44.9 Å². The summed E-state index contributed by atoms with van der Waals surface area (Å²) >= 11 is 0. The summed E-state index contributed by atoms with van der Waals surface area (Å²) in [6.45, 7) is 10.8. The van der Waals surface area contributed by atoms with E-state index in [4.69, 9.17) is 5.26 Å². The van der Waals surface area contributed by atoms with Crippen molar-refractivity contribution in [2.24, 2.45) is 23.2 Å². The molecule has 2 heterocycles. The second-order valence-electron chi connectivity index (χ2n) is 12.0. The lowest BCUT2D eigenvalue weighted by atomic mass is 9.96. The highest BCUT2D eigenvalue weighted by molar-refractivity contribution is 5.83. The molecule has 2 aliphatic heterocycles. The average Bonchev–Trinajstić information content (AvgIpc) is 3.48. The number of hydrogen-bond donors (Lipinski definition) is 2. The van der Waals surface area contributed by atoms with Gasteiger partial charge in [-0.25, -0.2) is 0 Å². The Kier molecular flexibility index (Phi) is 9.80. The predicted octanol–water partition coefficient (Wildman–Crippen LogP) is 3.21. The van der Waals surface area contributed by atoms with Crippen LogP contribution in [0.5, 0.6) is 0 Å². The fraction of sp³-hybridized carbons (Fsp3) is 0.846. The fourth-order valence-electron chi connectivity index (χ4n) is 5.26. The van der Waals surface area contributed by atoms with Gasteiger partial charge in [-0.15, -0.1) is 0 Å². The quantitative estimate of drug-likeness (QED) is 0.466. The molecule has 0 aromatic heterocycles. The monoisotopic (exact) mass is 530 g/mol. The van der Waals surface area contributed by atoms with E-state index in [1.807, 2.05) is 6.07 Å². The van der Waals surface area contributed by atoms with Crippen molar-refractivity contribution in [2.75, 3.05) is 20.1 Å². The molecule has 4 fully saturated rings. The largest absolute Gasteiger partial charge is 0.416 e. The van der Waals surface area contributed by atoms with Crippen LogP contribution in [0.1, 0.15) is 66.7 Å². The van der Waals surface area contributed by atoms with Crippen LogP contribution < -0.4 is 10.6 Å². The van der Waals surface area contributed by atoms with Gasteiger partial charge in [-0.2, -0.15) is 18.4 Å². The van der Waals surface area contributed by atoms with Crippen LogP contribution in [0.15, 0.2) is 0 Å². The molecular formula is C26H41F3N4O4. The Hall–Kier alpha value is -2.19. The molecule has 2 N–H and O–H groups in total. The number of carbonyl (C=O) groups excluding carboxylic acids is 3. The molecule has 2 saturated heterocycles. The first-order valence-electron chi connectivity index (χ1n) is 12.8. The van der Waals surface area contributed by atoms with Crippen LogP contribution in [0, 0.1) is 34.5 Å². The van der Waals surface area contributed by atoms with E-state index in [9.17, 15) is 27.6 Å². The van der Waals surface area contributed by atoms with E-state index in [2.05, 4.69) is 41.2 Å². The summed E-state index contributed by atoms with van der Waals surface area (Å²) < 4.78 is 41.3. The Morgan fingerprint density at radius 3 is 2.19 bits per heavy atom. The zero-order valence-electron chi connectivity index (χ0n) is 22.7. The van der Waals surface area contributed by atoms with Crippen LogP contribution in [-0.2, 0) is 19.1 Å². The number of carbonyl (C=O) groups is 3. The zero-order chi connectivity index (χ0) is 28.2. The number of likely N-dealkylation sites (tertiary alicyclic amines) is 1. The highest BCUT2D eigenvalue weighted by Crippen LogP contribution is 2.61. The van der Waals surface area contributed by atoms with Crippen molar-refractivity contribution >= 4 is 18.6 Å². The van der Waals surface area contributed by atoms with Crippen LogP contribution in [0.2, 0.25) is 0 Å². The van der Waals surface area contributed by atoms with Gasteiger partial charge >= 0.3 is 6.18 Å².